The monoisotopic (exact) mass is 391 g/mol. The van der Waals surface area contributed by atoms with Gasteiger partial charge in [-0.2, -0.15) is 0 Å². The molecule has 2 heterocycles. The van der Waals surface area contributed by atoms with Crippen LogP contribution in [0.4, 0.5) is 10.5 Å². The summed E-state index contributed by atoms with van der Waals surface area (Å²) < 4.78 is 13.2. The van der Waals surface area contributed by atoms with E-state index in [-0.39, 0.29) is 12.1 Å². The van der Waals surface area contributed by atoms with Crippen molar-refractivity contribution in [3.8, 4) is 11.5 Å². The Balaban J connectivity index is 1.73. The molecule has 1 N–H and O–H groups in total. The van der Waals surface area contributed by atoms with Gasteiger partial charge < -0.3 is 24.3 Å². The van der Waals surface area contributed by atoms with Gasteiger partial charge in [0.15, 0.2) is 0 Å². The number of urea groups is 1. The van der Waals surface area contributed by atoms with E-state index in [1.165, 1.54) is 0 Å². The van der Waals surface area contributed by atoms with Crippen molar-refractivity contribution in [2.75, 3.05) is 26.1 Å². The topological polar surface area (TPSA) is 55.7 Å². The van der Waals surface area contributed by atoms with Crippen LogP contribution < -0.4 is 14.8 Å². The number of rotatable bonds is 4. The van der Waals surface area contributed by atoms with E-state index in [0.29, 0.717) is 18.0 Å². The Morgan fingerprint density at radius 2 is 1.90 bits per heavy atom. The number of benzene rings is 2. The van der Waals surface area contributed by atoms with Gasteiger partial charge in [-0.15, -0.1) is 0 Å². The lowest BCUT2D eigenvalue weighted by Gasteiger charge is -2.37. The molecule has 0 spiro atoms. The van der Waals surface area contributed by atoms with Crippen LogP contribution in [0.2, 0.25) is 0 Å². The predicted molar refractivity (Wildman–Crippen MR) is 113 cm³/mol. The minimum Gasteiger partial charge on any atom is -0.497 e. The summed E-state index contributed by atoms with van der Waals surface area (Å²) in [5.41, 5.74) is 3.87. The largest absolute Gasteiger partial charge is 0.497 e. The number of carbonyl (C=O) groups excluding carboxylic acids is 1. The minimum absolute atomic E-state index is 0.133. The average Bonchev–Trinajstić information content (AvgIpc) is 3.21. The fourth-order valence-corrected chi connectivity index (χ4v) is 3.89. The van der Waals surface area contributed by atoms with Crippen LogP contribution in [0.3, 0.4) is 0 Å². The summed E-state index contributed by atoms with van der Waals surface area (Å²) in [6.07, 6.45) is 2.05. The molecule has 1 aliphatic heterocycles. The fraction of sp³-hybridized carbons (Fsp3) is 0.261. The van der Waals surface area contributed by atoms with E-state index in [0.717, 1.165) is 29.1 Å². The summed E-state index contributed by atoms with van der Waals surface area (Å²) in [5.74, 6) is 1.41. The van der Waals surface area contributed by atoms with Crippen LogP contribution >= 0.6 is 0 Å². The summed E-state index contributed by atoms with van der Waals surface area (Å²) in [5, 5.41) is 3.05. The summed E-state index contributed by atoms with van der Waals surface area (Å²) in [6.45, 7) is 3.35. The van der Waals surface area contributed by atoms with Gasteiger partial charge in [0, 0.05) is 42.3 Å². The lowest BCUT2D eigenvalue weighted by atomic mass is 9.99. The van der Waals surface area contributed by atoms with Crippen molar-refractivity contribution in [3.63, 3.8) is 0 Å². The summed E-state index contributed by atoms with van der Waals surface area (Å²) >= 11 is 0. The smallest absolute Gasteiger partial charge is 0.322 e. The van der Waals surface area contributed by atoms with Crippen LogP contribution in [-0.4, -0.2) is 36.3 Å². The molecular formula is C23H25N3O3. The second kappa shape index (κ2) is 7.91. The maximum atomic E-state index is 13.3. The molecule has 0 fully saturated rings. The minimum atomic E-state index is -0.260. The summed E-state index contributed by atoms with van der Waals surface area (Å²) in [6, 6.07) is 17.2. The van der Waals surface area contributed by atoms with E-state index in [1.807, 2.05) is 66.6 Å². The number of carbonyl (C=O) groups is 1. The maximum Gasteiger partial charge on any atom is 0.322 e. The number of nitrogens with one attached hydrogen (secondary N) is 1. The number of ether oxygens (including phenoxy) is 2. The Hall–Kier alpha value is -3.41. The first-order valence-electron chi connectivity index (χ1n) is 9.62. The first-order valence-corrected chi connectivity index (χ1v) is 9.62. The number of anilines is 1. The van der Waals surface area contributed by atoms with Gasteiger partial charge in [0.25, 0.3) is 0 Å². The standard InChI is InChI=1S/C23H25N3O3/c1-16-6-4-7-17(14-16)24-23(27)26-13-12-25-11-5-8-20(25)22(26)19-10-9-18(28-2)15-21(19)29-3/h4-11,14-15,22H,12-13H2,1-3H3,(H,24,27)/t22-/m1/s1. The van der Waals surface area contributed by atoms with Crippen molar-refractivity contribution < 1.29 is 14.3 Å². The van der Waals surface area contributed by atoms with Crippen LogP contribution in [0.5, 0.6) is 11.5 Å². The molecule has 1 aliphatic rings. The quantitative estimate of drug-likeness (QED) is 0.715. The van der Waals surface area contributed by atoms with Crippen LogP contribution in [-0.2, 0) is 6.54 Å². The van der Waals surface area contributed by atoms with Crippen molar-refractivity contribution in [3.05, 3.63) is 77.6 Å². The van der Waals surface area contributed by atoms with E-state index < -0.39 is 0 Å². The van der Waals surface area contributed by atoms with Gasteiger partial charge in [0.2, 0.25) is 0 Å². The first kappa shape index (κ1) is 18.9. The molecule has 0 saturated heterocycles. The molecule has 0 bridgehead atoms. The average molecular weight is 391 g/mol. The maximum absolute atomic E-state index is 13.3. The van der Waals surface area contributed by atoms with E-state index in [2.05, 4.69) is 16.0 Å². The zero-order chi connectivity index (χ0) is 20.4. The van der Waals surface area contributed by atoms with Crippen molar-refractivity contribution in [1.29, 1.82) is 0 Å². The number of nitrogens with zero attached hydrogens (tertiary/aromatic N) is 2. The van der Waals surface area contributed by atoms with E-state index in [1.54, 1.807) is 14.2 Å². The number of aromatic nitrogens is 1. The van der Waals surface area contributed by atoms with Gasteiger partial charge in [0.1, 0.15) is 17.5 Å². The lowest BCUT2D eigenvalue weighted by molar-refractivity contribution is 0.180. The predicted octanol–water partition coefficient (Wildman–Crippen LogP) is 4.45. The van der Waals surface area contributed by atoms with Crippen molar-refractivity contribution >= 4 is 11.7 Å². The van der Waals surface area contributed by atoms with E-state index >= 15 is 0 Å². The van der Waals surface area contributed by atoms with Gasteiger partial charge in [-0.25, -0.2) is 4.79 Å². The van der Waals surface area contributed by atoms with E-state index in [4.69, 9.17) is 9.47 Å². The Morgan fingerprint density at radius 1 is 1.03 bits per heavy atom. The molecule has 4 rings (SSSR count). The molecule has 2 aromatic carbocycles. The highest BCUT2D eigenvalue weighted by molar-refractivity contribution is 5.90. The molecule has 0 unspecified atom stereocenters. The lowest BCUT2D eigenvalue weighted by Crippen LogP contribution is -2.44. The molecule has 1 aromatic heterocycles. The molecule has 6 heteroatoms. The van der Waals surface area contributed by atoms with Gasteiger partial charge >= 0.3 is 6.03 Å². The SMILES string of the molecule is COc1ccc([C@@H]2c3cccn3CCN2C(=O)Nc2cccc(C)c2)c(OC)c1. The first-order chi connectivity index (χ1) is 14.1. The Bertz CT molecular complexity index is 1030. The molecule has 29 heavy (non-hydrogen) atoms. The third-order valence-corrected chi connectivity index (χ3v) is 5.30. The second-order valence-electron chi connectivity index (χ2n) is 7.13. The van der Waals surface area contributed by atoms with Crippen LogP contribution in [0, 0.1) is 6.92 Å². The van der Waals surface area contributed by atoms with Crippen molar-refractivity contribution in [1.82, 2.24) is 9.47 Å². The highest BCUT2D eigenvalue weighted by atomic mass is 16.5. The number of aryl methyl sites for hydroxylation is 1. The zero-order valence-corrected chi connectivity index (χ0v) is 16.9. The van der Waals surface area contributed by atoms with Crippen molar-refractivity contribution in [2.24, 2.45) is 0 Å². The fourth-order valence-electron chi connectivity index (χ4n) is 3.89. The third kappa shape index (κ3) is 3.66. The molecule has 0 saturated carbocycles. The zero-order valence-electron chi connectivity index (χ0n) is 16.9. The number of hydrogen-bond donors (Lipinski definition) is 1. The second-order valence-corrected chi connectivity index (χ2v) is 7.13. The molecule has 1 atom stereocenters. The molecular weight excluding hydrogens is 366 g/mol. The molecule has 2 amide bonds. The molecule has 0 aliphatic carbocycles. The van der Waals surface area contributed by atoms with Crippen LogP contribution in [0.15, 0.2) is 60.8 Å². The third-order valence-electron chi connectivity index (χ3n) is 5.30. The molecule has 150 valence electrons. The van der Waals surface area contributed by atoms with Gasteiger partial charge in [0.05, 0.1) is 14.2 Å². The highest BCUT2D eigenvalue weighted by Crippen LogP contribution is 2.39. The number of fused-ring (bicyclic) bond motifs is 1. The number of amides is 2. The number of hydrogen-bond acceptors (Lipinski definition) is 3. The van der Waals surface area contributed by atoms with Crippen LogP contribution in [0.1, 0.15) is 22.9 Å². The molecule has 3 aromatic rings. The highest BCUT2D eigenvalue weighted by Gasteiger charge is 2.34. The van der Waals surface area contributed by atoms with Gasteiger partial charge in [-0.05, 0) is 48.9 Å². The summed E-state index contributed by atoms with van der Waals surface area (Å²) in [7, 11) is 3.26. The Kier molecular flexibility index (Phi) is 5.16. The molecule has 0 radical (unpaired) electrons. The Morgan fingerprint density at radius 3 is 2.66 bits per heavy atom. The van der Waals surface area contributed by atoms with Crippen molar-refractivity contribution in [2.45, 2.75) is 19.5 Å². The van der Waals surface area contributed by atoms with Gasteiger partial charge in [-0.3, -0.25) is 0 Å². The van der Waals surface area contributed by atoms with E-state index in [9.17, 15) is 4.79 Å². The molecule has 6 nitrogen and oxygen atoms in total. The van der Waals surface area contributed by atoms with Gasteiger partial charge in [-0.1, -0.05) is 12.1 Å². The normalized spacial score (nSPS) is 15.6. The van der Waals surface area contributed by atoms with Crippen LogP contribution in [0.25, 0.3) is 0 Å². The number of methoxy groups -OCH3 is 2. The Labute approximate surface area is 170 Å². The summed E-state index contributed by atoms with van der Waals surface area (Å²) in [4.78, 5) is 15.1.